The summed E-state index contributed by atoms with van der Waals surface area (Å²) in [5.74, 6) is 0.121. The van der Waals surface area contributed by atoms with Crippen molar-refractivity contribution in [2.24, 2.45) is 0 Å². The van der Waals surface area contributed by atoms with Gasteiger partial charge in [0.15, 0.2) is 0 Å². The molecule has 2 aromatic rings. The lowest BCUT2D eigenvalue weighted by molar-refractivity contribution is 0.600. The number of nitrogens with two attached hydrogens (primary N) is 1. The predicted octanol–water partition coefficient (Wildman–Crippen LogP) is 3.08. The highest BCUT2D eigenvalue weighted by Gasteiger charge is 2.20. The number of nitrogens with one attached hydrogen (secondary N) is 1. The number of hydrogen-bond donors (Lipinski definition) is 2. The fraction of sp³-hybridized carbons (Fsp3) is 0.0833. The van der Waals surface area contributed by atoms with Crippen LogP contribution in [-0.2, 0) is 10.0 Å². The summed E-state index contributed by atoms with van der Waals surface area (Å²) in [6.07, 6.45) is 1.40. The number of benzene rings is 1. The van der Waals surface area contributed by atoms with E-state index in [9.17, 15) is 8.42 Å². The Kier molecular flexibility index (Phi) is 4.08. The summed E-state index contributed by atoms with van der Waals surface area (Å²) in [4.78, 5) is 3.89. The van der Waals surface area contributed by atoms with Gasteiger partial charge in [0.1, 0.15) is 5.82 Å². The fourth-order valence-corrected chi connectivity index (χ4v) is 3.36. The van der Waals surface area contributed by atoms with Crippen LogP contribution in [0, 0.1) is 6.92 Å². The fourth-order valence-electron chi connectivity index (χ4n) is 1.61. The summed E-state index contributed by atoms with van der Waals surface area (Å²) in [6.45, 7) is 1.60. The monoisotopic (exact) mass is 331 g/mol. The second kappa shape index (κ2) is 5.47. The first-order valence-corrected chi connectivity index (χ1v) is 7.73. The third-order valence-electron chi connectivity index (χ3n) is 2.62. The van der Waals surface area contributed by atoms with Gasteiger partial charge in [-0.1, -0.05) is 23.2 Å². The third-order valence-corrected chi connectivity index (χ3v) is 4.55. The van der Waals surface area contributed by atoms with Gasteiger partial charge in [0.25, 0.3) is 10.0 Å². The lowest BCUT2D eigenvalue weighted by atomic mass is 10.2. The molecule has 20 heavy (non-hydrogen) atoms. The smallest absolute Gasteiger partial charge is 0.263 e. The summed E-state index contributed by atoms with van der Waals surface area (Å²) >= 11 is 11.6. The van der Waals surface area contributed by atoms with Gasteiger partial charge >= 0.3 is 0 Å². The second-order valence-corrected chi connectivity index (χ2v) is 6.61. The lowest BCUT2D eigenvalue weighted by Gasteiger charge is -2.12. The number of anilines is 2. The van der Waals surface area contributed by atoms with Crippen molar-refractivity contribution in [3.05, 3.63) is 46.1 Å². The predicted molar refractivity (Wildman–Crippen MR) is 80.7 cm³/mol. The van der Waals surface area contributed by atoms with Gasteiger partial charge in [0, 0.05) is 28.0 Å². The minimum absolute atomic E-state index is 0.00396. The topological polar surface area (TPSA) is 85.1 Å². The first-order valence-electron chi connectivity index (χ1n) is 5.49. The Labute approximate surface area is 126 Å². The largest absolute Gasteiger partial charge is 0.398 e. The van der Waals surface area contributed by atoms with Crippen molar-refractivity contribution in [2.45, 2.75) is 11.8 Å². The van der Waals surface area contributed by atoms with Crippen molar-refractivity contribution < 1.29 is 8.42 Å². The molecule has 0 unspecified atom stereocenters. The van der Waals surface area contributed by atoms with Crippen molar-refractivity contribution >= 4 is 44.7 Å². The van der Waals surface area contributed by atoms with Crippen molar-refractivity contribution in [3.8, 4) is 0 Å². The third kappa shape index (κ3) is 3.15. The van der Waals surface area contributed by atoms with Gasteiger partial charge in [0.05, 0.1) is 4.90 Å². The van der Waals surface area contributed by atoms with E-state index in [1.165, 1.54) is 24.4 Å². The van der Waals surface area contributed by atoms with Crippen LogP contribution >= 0.6 is 23.2 Å². The molecule has 8 heteroatoms. The molecule has 5 nitrogen and oxygen atoms in total. The molecule has 106 valence electrons. The SMILES string of the molecule is Cc1c(N)cc(Cl)cc1S(=O)(=O)Nc1cc(Cl)ccn1. The first kappa shape index (κ1) is 14.9. The van der Waals surface area contributed by atoms with Gasteiger partial charge in [-0.25, -0.2) is 13.4 Å². The Morgan fingerprint density at radius 2 is 1.90 bits per heavy atom. The standard InChI is InChI=1S/C12H11Cl2N3O2S/c1-7-10(15)4-9(14)5-11(7)20(18,19)17-12-6-8(13)2-3-16-12/h2-6H,15H2,1H3,(H,16,17). The highest BCUT2D eigenvalue weighted by Crippen LogP contribution is 2.27. The molecule has 0 amide bonds. The number of pyridine rings is 1. The molecular formula is C12H11Cl2N3O2S. The number of nitrogens with zero attached hydrogens (tertiary/aromatic N) is 1. The molecule has 0 atom stereocenters. The Bertz CT molecular complexity index is 763. The van der Waals surface area contributed by atoms with E-state index in [1.807, 2.05) is 0 Å². The second-order valence-electron chi connectivity index (χ2n) is 4.08. The minimum atomic E-state index is -3.84. The van der Waals surface area contributed by atoms with Crippen LogP contribution in [0.2, 0.25) is 10.0 Å². The average molecular weight is 332 g/mol. The van der Waals surface area contributed by atoms with E-state index < -0.39 is 10.0 Å². The van der Waals surface area contributed by atoms with Crippen LogP contribution < -0.4 is 10.5 Å². The summed E-state index contributed by atoms with van der Waals surface area (Å²) in [5.41, 5.74) is 6.45. The van der Waals surface area contributed by atoms with Gasteiger partial charge in [-0.2, -0.15) is 0 Å². The Hall–Kier alpha value is -1.50. The van der Waals surface area contributed by atoms with Crippen molar-refractivity contribution in [1.82, 2.24) is 4.98 Å². The van der Waals surface area contributed by atoms with Crippen LogP contribution in [0.5, 0.6) is 0 Å². The highest BCUT2D eigenvalue weighted by atomic mass is 35.5. The van der Waals surface area contributed by atoms with Crippen LogP contribution in [0.1, 0.15) is 5.56 Å². The zero-order chi connectivity index (χ0) is 14.9. The molecule has 0 aliphatic carbocycles. The maximum atomic E-state index is 12.3. The summed E-state index contributed by atoms with van der Waals surface area (Å²) in [6, 6.07) is 5.78. The quantitative estimate of drug-likeness (QED) is 0.846. The van der Waals surface area contributed by atoms with E-state index in [1.54, 1.807) is 13.0 Å². The molecule has 1 heterocycles. The summed E-state index contributed by atoms with van der Waals surface area (Å²) in [7, 11) is -3.84. The molecule has 3 N–H and O–H groups in total. The maximum absolute atomic E-state index is 12.3. The Balaban J connectivity index is 2.46. The number of nitrogen functional groups attached to an aromatic ring is 1. The molecule has 1 aromatic carbocycles. The van der Waals surface area contributed by atoms with Crippen LogP contribution in [0.4, 0.5) is 11.5 Å². The van der Waals surface area contributed by atoms with Gasteiger partial charge in [-0.15, -0.1) is 0 Å². The molecule has 0 saturated heterocycles. The molecule has 2 rings (SSSR count). The zero-order valence-corrected chi connectivity index (χ0v) is 12.7. The van der Waals surface area contributed by atoms with Crippen LogP contribution in [-0.4, -0.2) is 13.4 Å². The van der Waals surface area contributed by atoms with Crippen molar-refractivity contribution in [3.63, 3.8) is 0 Å². The van der Waals surface area contributed by atoms with Gasteiger partial charge in [0.2, 0.25) is 0 Å². The van der Waals surface area contributed by atoms with Gasteiger partial charge in [-0.05, 0) is 30.7 Å². The van der Waals surface area contributed by atoms with E-state index in [0.717, 1.165) is 0 Å². The van der Waals surface area contributed by atoms with Crippen molar-refractivity contribution in [1.29, 1.82) is 0 Å². The van der Waals surface area contributed by atoms with E-state index in [2.05, 4.69) is 9.71 Å². The van der Waals surface area contributed by atoms with Crippen LogP contribution in [0.3, 0.4) is 0 Å². The molecule has 0 saturated carbocycles. The zero-order valence-electron chi connectivity index (χ0n) is 10.4. The normalized spacial score (nSPS) is 11.3. The average Bonchev–Trinajstić information content (AvgIpc) is 2.33. The van der Waals surface area contributed by atoms with Crippen molar-refractivity contribution in [2.75, 3.05) is 10.5 Å². The number of sulfonamides is 1. The molecular weight excluding hydrogens is 321 g/mol. The van der Waals surface area contributed by atoms with E-state index >= 15 is 0 Å². The number of hydrogen-bond acceptors (Lipinski definition) is 4. The number of rotatable bonds is 3. The molecule has 0 radical (unpaired) electrons. The molecule has 0 aliphatic rings. The first-order chi connectivity index (χ1) is 9.29. The lowest BCUT2D eigenvalue weighted by Crippen LogP contribution is -2.15. The summed E-state index contributed by atoms with van der Waals surface area (Å²) < 4.78 is 27.0. The highest BCUT2D eigenvalue weighted by molar-refractivity contribution is 7.92. The van der Waals surface area contributed by atoms with E-state index in [4.69, 9.17) is 28.9 Å². The van der Waals surface area contributed by atoms with Crippen LogP contribution in [0.15, 0.2) is 35.4 Å². The maximum Gasteiger partial charge on any atom is 0.263 e. The van der Waals surface area contributed by atoms with Gasteiger partial charge in [-0.3, -0.25) is 4.72 Å². The Morgan fingerprint density at radius 3 is 2.55 bits per heavy atom. The molecule has 0 aliphatic heterocycles. The van der Waals surface area contributed by atoms with E-state index in [-0.39, 0.29) is 15.7 Å². The minimum Gasteiger partial charge on any atom is -0.398 e. The molecule has 0 bridgehead atoms. The number of aromatic nitrogens is 1. The molecule has 0 spiro atoms. The molecule has 1 aromatic heterocycles. The summed E-state index contributed by atoms with van der Waals surface area (Å²) in [5, 5.41) is 0.618. The number of halogens is 2. The van der Waals surface area contributed by atoms with Gasteiger partial charge < -0.3 is 5.73 Å². The molecule has 0 fully saturated rings. The Morgan fingerprint density at radius 1 is 1.20 bits per heavy atom. The van der Waals surface area contributed by atoms with Crippen LogP contribution in [0.25, 0.3) is 0 Å². The van der Waals surface area contributed by atoms with E-state index in [0.29, 0.717) is 16.3 Å².